The highest BCUT2D eigenvalue weighted by atomic mass is 16.3. The zero-order chi connectivity index (χ0) is 13.1. The third kappa shape index (κ3) is 2.80. The predicted molar refractivity (Wildman–Crippen MR) is 79.1 cm³/mol. The van der Waals surface area contributed by atoms with Gasteiger partial charge in [0.15, 0.2) is 0 Å². The number of hydrogen-bond donors (Lipinski definition) is 2. The molecule has 3 rings (SSSR count). The van der Waals surface area contributed by atoms with Crippen LogP contribution < -0.4 is 5.32 Å². The van der Waals surface area contributed by atoms with E-state index >= 15 is 0 Å². The molecular weight excluding hydrogens is 234 g/mol. The van der Waals surface area contributed by atoms with Crippen LogP contribution in [0.3, 0.4) is 0 Å². The molecule has 2 aromatic carbocycles. The predicted octanol–water partition coefficient (Wildman–Crippen LogP) is 3.23. The summed E-state index contributed by atoms with van der Waals surface area (Å²) in [6.45, 7) is 0.836. The van der Waals surface area contributed by atoms with E-state index in [0.717, 1.165) is 25.8 Å². The first-order valence-corrected chi connectivity index (χ1v) is 7.23. The highest BCUT2D eigenvalue weighted by Crippen LogP contribution is 2.21. The van der Waals surface area contributed by atoms with Gasteiger partial charge >= 0.3 is 0 Å². The molecule has 0 aromatic heterocycles. The first-order valence-electron chi connectivity index (χ1n) is 7.23. The Labute approximate surface area is 114 Å². The van der Waals surface area contributed by atoms with Gasteiger partial charge in [-0.3, -0.25) is 0 Å². The lowest BCUT2D eigenvalue weighted by Gasteiger charge is -2.28. The molecule has 0 saturated heterocycles. The van der Waals surface area contributed by atoms with Crippen molar-refractivity contribution in [1.29, 1.82) is 0 Å². The van der Waals surface area contributed by atoms with Gasteiger partial charge in [-0.25, -0.2) is 0 Å². The topological polar surface area (TPSA) is 32.3 Å². The molecule has 2 N–H and O–H groups in total. The molecule has 1 fully saturated rings. The standard InChI is InChI=1S/C17H21NO/c19-17-11-4-3-10-16(17)18-12-14-8-5-7-13-6-1-2-9-15(13)14/h1-2,5-9,16-19H,3-4,10-12H2. The van der Waals surface area contributed by atoms with Gasteiger partial charge in [0, 0.05) is 12.6 Å². The van der Waals surface area contributed by atoms with Crippen LogP contribution >= 0.6 is 0 Å². The van der Waals surface area contributed by atoms with Crippen molar-refractivity contribution in [1.82, 2.24) is 5.32 Å². The zero-order valence-electron chi connectivity index (χ0n) is 11.2. The summed E-state index contributed by atoms with van der Waals surface area (Å²) in [6.07, 6.45) is 4.24. The lowest BCUT2D eigenvalue weighted by molar-refractivity contribution is 0.0903. The van der Waals surface area contributed by atoms with Gasteiger partial charge in [-0.05, 0) is 29.2 Å². The van der Waals surface area contributed by atoms with Crippen LogP contribution in [0, 0.1) is 0 Å². The quantitative estimate of drug-likeness (QED) is 0.882. The van der Waals surface area contributed by atoms with Gasteiger partial charge in [0.25, 0.3) is 0 Å². The zero-order valence-corrected chi connectivity index (χ0v) is 11.2. The molecule has 2 unspecified atom stereocenters. The third-order valence-electron chi connectivity index (χ3n) is 4.16. The van der Waals surface area contributed by atoms with Gasteiger partial charge in [0.05, 0.1) is 6.10 Å². The van der Waals surface area contributed by atoms with Crippen molar-refractivity contribution in [2.45, 2.75) is 44.4 Å². The van der Waals surface area contributed by atoms with Gasteiger partial charge in [0.1, 0.15) is 0 Å². The molecule has 1 saturated carbocycles. The number of rotatable bonds is 3. The highest BCUT2D eigenvalue weighted by Gasteiger charge is 2.22. The summed E-state index contributed by atoms with van der Waals surface area (Å²) in [7, 11) is 0. The Morgan fingerprint density at radius 3 is 2.68 bits per heavy atom. The van der Waals surface area contributed by atoms with E-state index in [4.69, 9.17) is 0 Å². The fraction of sp³-hybridized carbons (Fsp3) is 0.412. The van der Waals surface area contributed by atoms with Crippen LogP contribution in [0.2, 0.25) is 0 Å². The Kier molecular flexibility index (Phi) is 3.81. The molecule has 0 radical (unpaired) electrons. The summed E-state index contributed by atoms with van der Waals surface area (Å²) in [5.74, 6) is 0. The summed E-state index contributed by atoms with van der Waals surface area (Å²) in [5, 5.41) is 16.1. The fourth-order valence-corrected chi connectivity index (χ4v) is 3.04. The van der Waals surface area contributed by atoms with E-state index in [2.05, 4.69) is 47.8 Å². The second-order valence-corrected chi connectivity index (χ2v) is 5.48. The Hall–Kier alpha value is -1.38. The number of hydrogen-bond acceptors (Lipinski definition) is 2. The second-order valence-electron chi connectivity index (χ2n) is 5.48. The van der Waals surface area contributed by atoms with Crippen LogP contribution in [0.4, 0.5) is 0 Å². The minimum atomic E-state index is -0.177. The van der Waals surface area contributed by atoms with Crippen LogP contribution in [0.1, 0.15) is 31.2 Å². The van der Waals surface area contributed by atoms with Gasteiger partial charge in [-0.2, -0.15) is 0 Å². The number of fused-ring (bicyclic) bond motifs is 1. The van der Waals surface area contributed by atoms with E-state index in [1.807, 2.05) is 0 Å². The van der Waals surface area contributed by atoms with Crippen molar-refractivity contribution in [2.75, 3.05) is 0 Å². The summed E-state index contributed by atoms with van der Waals surface area (Å²) < 4.78 is 0. The largest absolute Gasteiger partial charge is 0.392 e. The maximum atomic E-state index is 10.00. The number of benzene rings is 2. The molecule has 2 atom stereocenters. The first-order chi connectivity index (χ1) is 9.34. The molecule has 1 aliphatic rings. The van der Waals surface area contributed by atoms with Crippen molar-refractivity contribution < 1.29 is 5.11 Å². The Balaban J connectivity index is 1.74. The molecule has 2 aromatic rings. The Bertz CT molecular complexity index is 546. The van der Waals surface area contributed by atoms with E-state index in [0.29, 0.717) is 0 Å². The summed E-state index contributed by atoms with van der Waals surface area (Å²) in [6, 6.07) is 15.2. The Morgan fingerprint density at radius 1 is 1.00 bits per heavy atom. The van der Waals surface area contributed by atoms with Crippen molar-refractivity contribution in [3.8, 4) is 0 Å². The van der Waals surface area contributed by atoms with E-state index in [9.17, 15) is 5.11 Å². The lowest BCUT2D eigenvalue weighted by atomic mass is 9.92. The normalized spacial score (nSPS) is 23.6. The van der Waals surface area contributed by atoms with Crippen LogP contribution in [0.5, 0.6) is 0 Å². The van der Waals surface area contributed by atoms with E-state index < -0.39 is 0 Å². The highest BCUT2D eigenvalue weighted by molar-refractivity contribution is 5.85. The second kappa shape index (κ2) is 5.72. The molecule has 2 heteroatoms. The van der Waals surface area contributed by atoms with Crippen LogP contribution in [-0.2, 0) is 6.54 Å². The Morgan fingerprint density at radius 2 is 1.79 bits per heavy atom. The maximum Gasteiger partial charge on any atom is 0.0693 e. The molecule has 0 heterocycles. The number of aliphatic hydroxyl groups excluding tert-OH is 1. The molecule has 0 amide bonds. The third-order valence-corrected chi connectivity index (χ3v) is 4.16. The molecular formula is C17H21NO. The van der Waals surface area contributed by atoms with Crippen LogP contribution in [0.25, 0.3) is 10.8 Å². The van der Waals surface area contributed by atoms with Crippen molar-refractivity contribution >= 4 is 10.8 Å². The molecule has 0 spiro atoms. The maximum absolute atomic E-state index is 10.00. The molecule has 0 aliphatic heterocycles. The molecule has 0 bridgehead atoms. The van der Waals surface area contributed by atoms with Crippen LogP contribution in [-0.4, -0.2) is 17.3 Å². The van der Waals surface area contributed by atoms with Crippen LogP contribution in [0.15, 0.2) is 42.5 Å². The summed E-state index contributed by atoms with van der Waals surface area (Å²) in [4.78, 5) is 0. The minimum absolute atomic E-state index is 0.177. The number of aliphatic hydroxyl groups is 1. The van der Waals surface area contributed by atoms with Gasteiger partial charge in [-0.1, -0.05) is 55.3 Å². The van der Waals surface area contributed by atoms with Gasteiger partial charge < -0.3 is 10.4 Å². The average Bonchev–Trinajstić information content (AvgIpc) is 2.46. The van der Waals surface area contributed by atoms with Crippen molar-refractivity contribution in [2.24, 2.45) is 0 Å². The number of nitrogens with one attached hydrogen (secondary N) is 1. The first kappa shape index (κ1) is 12.6. The van der Waals surface area contributed by atoms with Gasteiger partial charge in [-0.15, -0.1) is 0 Å². The van der Waals surface area contributed by atoms with E-state index in [1.54, 1.807) is 0 Å². The summed E-state index contributed by atoms with van der Waals surface area (Å²) >= 11 is 0. The molecule has 19 heavy (non-hydrogen) atoms. The molecule has 1 aliphatic carbocycles. The summed E-state index contributed by atoms with van der Waals surface area (Å²) in [5.41, 5.74) is 1.32. The molecule has 100 valence electrons. The monoisotopic (exact) mass is 255 g/mol. The lowest BCUT2D eigenvalue weighted by Crippen LogP contribution is -2.41. The van der Waals surface area contributed by atoms with E-state index in [-0.39, 0.29) is 12.1 Å². The molecule has 2 nitrogen and oxygen atoms in total. The average molecular weight is 255 g/mol. The van der Waals surface area contributed by atoms with Crippen molar-refractivity contribution in [3.05, 3.63) is 48.0 Å². The smallest absolute Gasteiger partial charge is 0.0693 e. The fourth-order valence-electron chi connectivity index (χ4n) is 3.04. The SMILES string of the molecule is OC1CCCCC1NCc1cccc2ccccc12. The van der Waals surface area contributed by atoms with E-state index in [1.165, 1.54) is 22.8 Å². The minimum Gasteiger partial charge on any atom is -0.392 e. The van der Waals surface area contributed by atoms with Crippen molar-refractivity contribution in [3.63, 3.8) is 0 Å². The van der Waals surface area contributed by atoms with Gasteiger partial charge in [0.2, 0.25) is 0 Å².